The molecule has 0 amide bonds. The molecule has 6 nitrogen and oxygen atoms in total. The molecule has 0 aliphatic rings. The molecule has 4 aromatic rings. The molecule has 0 spiro atoms. The summed E-state index contributed by atoms with van der Waals surface area (Å²) in [5, 5.41) is 6.34. The molecule has 1 aromatic heterocycles. The fourth-order valence-electron chi connectivity index (χ4n) is 3.80. The monoisotopic (exact) mass is 510 g/mol. The lowest BCUT2D eigenvalue weighted by Crippen LogP contribution is -2.27. The maximum atomic E-state index is 13.5. The van der Waals surface area contributed by atoms with E-state index < -0.39 is 10.0 Å². The van der Waals surface area contributed by atoms with Crippen LogP contribution in [0.4, 0.5) is 0 Å². The van der Waals surface area contributed by atoms with Crippen LogP contribution >= 0.6 is 15.9 Å². The van der Waals surface area contributed by atoms with Crippen LogP contribution in [0, 0.1) is 0 Å². The van der Waals surface area contributed by atoms with Crippen LogP contribution in [0.3, 0.4) is 0 Å². The van der Waals surface area contributed by atoms with Gasteiger partial charge in [0.15, 0.2) is 5.78 Å². The van der Waals surface area contributed by atoms with Crippen molar-refractivity contribution in [2.24, 2.45) is 5.14 Å². The van der Waals surface area contributed by atoms with E-state index in [1.54, 1.807) is 24.3 Å². The molecule has 0 unspecified atom stereocenters. The average molecular weight is 511 g/mol. The third-order valence-electron chi connectivity index (χ3n) is 5.22. The third-order valence-corrected chi connectivity index (χ3v) is 6.64. The Labute approximate surface area is 193 Å². The van der Waals surface area contributed by atoms with Crippen molar-refractivity contribution in [2.45, 2.75) is 18.4 Å². The van der Waals surface area contributed by atoms with Crippen molar-refractivity contribution in [2.75, 3.05) is 0 Å². The molecule has 0 saturated carbocycles. The first kappa shape index (κ1) is 22.1. The second-order valence-corrected chi connectivity index (χ2v) is 9.89. The lowest BCUT2D eigenvalue weighted by Gasteiger charge is -2.19. The van der Waals surface area contributed by atoms with Gasteiger partial charge >= 0.3 is 0 Å². The molecule has 0 atom stereocenters. The standard InChI is InChI=1S/C24H19BrN2O4S/c1-15(28)23-22(17-5-3-2-4-6-17)21-13-18(25)9-12-20(21)24(29)27(23)14-16-7-10-19(11-8-16)32(26,30)31/h2-13H,14H2,1H3,(H2,26,30,31). The lowest BCUT2D eigenvalue weighted by atomic mass is 9.95. The number of carbonyl (C=O) groups excluding carboxylic acids is 1. The van der Waals surface area contributed by atoms with Gasteiger partial charge in [-0.1, -0.05) is 58.4 Å². The van der Waals surface area contributed by atoms with Gasteiger partial charge in [-0.2, -0.15) is 0 Å². The maximum absolute atomic E-state index is 13.5. The first-order valence-electron chi connectivity index (χ1n) is 9.71. The Morgan fingerprint density at radius 3 is 2.22 bits per heavy atom. The van der Waals surface area contributed by atoms with Gasteiger partial charge in [-0.05, 0) is 46.8 Å². The van der Waals surface area contributed by atoms with Gasteiger partial charge in [0.2, 0.25) is 10.0 Å². The second kappa shape index (κ2) is 8.46. The normalized spacial score (nSPS) is 11.6. The highest BCUT2D eigenvalue weighted by Gasteiger charge is 2.21. The van der Waals surface area contributed by atoms with Gasteiger partial charge in [0.05, 0.1) is 17.1 Å². The van der Waals surface area contributed by atoms with Crippen LogP contribution in [0.5, 0.6) is 0 Å². The van der Waals surface area contributed by atoms with Gasteiger partial charge in [-0.15, -0.1) is 0 Å². The summed E-state index contributed by atoms with van der Waals surface area (Å²) in [5.74, 6) is -0.246. The Balaban J connectivity index is 2.02. The number of ketones is 1. The summed E-state index contributed by atoms with van der Waals surface area (Å²) in [6, 6.07) is 20.8. The number of sulfonamides is 1. The zero-order chi connectivity index (χ0) is 23.0. The maximum Gasteiger partial charge on any atom is 0.259 e. The summed E-state index contributed by atoms with van der Waals surface area (Å²) < 4.78 is 25.3. The van der Waals surface area contributed by atoms with E-state index in [2.05, 4.69) is 15.9 Å². The van der Waals surface area contributed by atoms with Gasteiger partial charge < -0.3 is 0 Å². The molecule has 2 N–H and O–H groups in total. The van der Waals surface area contributed by atoms with Crippen LogP contribution < -0.4 is 10.7 Å². The Hall–Kier alpha value is -3.07. The number of nitrogens with two attached hydrogens (primary N) is 1. The zero-order valence-corrected chi connectivity index (χ0v) is 19.5. The van der Waals surface area contributed by atoms with Gasteiger partial charge in [0.1, 0.15) is 0 Å². The van der Waals surface area contributed by atoms with E-state index >= 15 is 0 Å². The Kier molecular flexibility index (Phi) is 5.85. The zero-order valence-electron chi connectivity index (χ0n) is 17.1. The number of fused-ring (bicyclic) bond motifs is 1. The highest BCUT2D eigenvalue weighted by Crippen LogP contribution is 2.33. The van der Waals surface area contributed by atoms with Crippen LogP contribution in [-0.4, -0.2) is 18.8 Å². The Morgan fingerprint density at radius 2 is 1.62 bits per heavy atom. The molecule has 0 radical (unpaired) electrons. The summed E-state index contributed by atoms with van der Waals surface area (Å²) in [7, 11) is -3.82. The minimum Gasteiger partial charge on any atom is -0.300 e. The Morgan fingerprint density at radius 1 is 0.969 bits per heavy atom. The average Bonchev–Trinajstić information content (AvgIpc) is 2.75. The number of hydrogen-bond acceptors (Lipinski definition) is 4. The number of primary sulfonamides is 1. The van der Waals surface area contributed by atoms with Crippen molar-refractivity contribution in [1.82, 2.24) is 4.57 Å². The second-order valence-electron chi connectivity index (χ2n) is 7.42. The molecule has 32 heavy (non-hydrogen) atoms. The number of nitrogens with zero attached hydrogens (tertiary/aromatic N) is 1. The van der Waals surface area contributed by atoms with Crippen molar-refractivity contribution < 1.29 is 13.2 Å². The number of rotatable bonds is 5. The number of benzene rings is 3. The first-order valence-corrected chi connectivity index (χ1v) is 12.0. The quantitative estimate of drug-likeness (QED) is 0.403. The highest BCUT2D eigenvalue weighted by molar-refractivity contribution is 9.10. The SMILES string of the molecule is CC(=O)c1c(-c2ccccc2)c2cc(Br)ccc2c(=O)n1Cc1ccc(S(N)(=O)=O)cc1. The van der Waals surface area contributed by atoms with E-state index in [9.17, 15) is 18.0 Å². The highest BCUT2D eigenvalue weighted by atomic mass is 79.9. The van der Waals surface area contributed by atoms with Crippen LogP contribution in [0.2, 0.25) is 0 Å². The van der Waals surface area contributed by atoms with Crippen LogP contribution in [0.25, 0.3) is 21.9 Å². The van der Waals surface area contributed by atoms with Crippen molar-refractivity contribution in [1.29, 1.82) is 0 Å². The van der Waals surface area contributed by atoms with E-state index in [1.165, 1.54) is 23.6 Å². The molecule has 0 fully saturated rings. The first-order chi connectivity index (χ1) is 15.2. The lowest BCUT2D eigenvalue weighted by molar-refractivity contribution is 0.100. The van der Waals surface area contributed by atoms with Gasteiger partial charge in [0.25, 0.3) is 5.56 Å². The summed E-state index contributed by atoms with van der Waals surface area (Å²) in [6.45, 7) is 1.54. The molecule has 0 saturated heterocycles. The van der Waals surface area contributed by atoms with E-state index in [1.807, 2.05) is 36.4 Å². The number of pyridine rings is 1. The van der Waals surface area contributed by atoms with Crippen LogP contribution in [0.1, 0.15) is 23.0 Å². The topological polar surface area (TPSA) is 99.2 Å². The van der Waals surface area contributed by atoms with E-state index in [-0.39, 0.29) is 22.8 Å². The predicted octanol–water partition coefficient (Wildman–Crippen LogP) is 4.33. The largest absolute Gasteiger partial charge is 0.300 e. The fourth-order valence-corrected chi connectivity index (χ4v) is 4.68. The number of carbonyl (C=O) groups is 1. The number of hydrogen-bond donors (Lipinski definition) is 1. The van der Waals surface area contributed by atoms with Gasteiger partial charge in [-0.3, -0.25) is 14.2 Å². The molecule has 8 heteroatoms. The van der Waals surface area contributed by atoms with Gasteiger partial charge in [0, 0.05) is 22.3 Å². The molecule has 3 aromatic carbocycles. The van der Waals surface area contributed by atoms with Crippen molar-refractivity contribution >= 4 is 42.5 Å². The smallest absolute Gasteiger partial charge is 0.259 e. The summed E-state index contributed by atoms with van der Waals surface area (Å²) in [4.78, 5) is 26.3. The van der Waals surface area contributed by atoms with Crippen LogP contribution in [-0.2, 0) is 16.6 Å². The summed E-state index contributed by atoms with van der Waals surface area (Å²) in [6.07, 6.45) is 0. The molecule has 1 heterocycles. The van der Waals surface area contributed by atoms with E-state index in [4.69, 9.17) is 5.14 Å². The molecular formula is C24H19BrN2O4S. The molecule has 4 rings (SSSR count). The number of halogens is 1. The third kappa shape index (κ3) is 4.17. The molecule has 0 bridgehead atoms. The van der Waals surface area contributed by atoms with Gasteiger partial charge in [-0.25, -0.2) is 13.6 Å². The molecule has 0 aliphatic heterocycles. The summed E-state index contributed by atoms with van der Waals surface area (Å²) >= 11 is 3.47. The van der Waals surface area contributed by atoms with Crippen molar-refractivity contribution in [3.05, 3.63) is 98.9 Å². The molecule has 162 valence electrons. The predicted molar refractivity (Wildman–Crippen MR) is 128 cm³/mol. The summed E-state index contributed by atoms with van der Waals surface area (Å²) in [5.41, 5.74) is 2.15. The molecule has 0 aliphatic carbocycles. The van der Waals surface area contributed by atoms with Crippen LogP contribution in [0.15, 0.2) is 87.0 Å². The number of Topliss-reactive ketones (excluding diaryl/α,β-unsaturated/α-hetero) is 1. The minimum absolute atomic E-state index is 0.0197. The fraction of sp³-hybridized carbons (Fsp3) is 0.0833. The van der Waals surface area contributed by atoms with Crippen molar-refractivity contribution in [3.8, 4) is 11.1 Å². The molecular weight excluding hydrogens is 492 g/mol. The van der Waals surface area contributed by atoms with E-state index in [0.717, 1.165) is 10.0 Å². The minimum atomic E-state index is -3.82. The van der Waals surface area contributed by atoms with Crippen molar-refractivity contribution in [3.63, 3.8) is 0 Å². The number of aromatic nitrogens is 1. The van der Waals surface area contributed by atoms with E-state index in [0.29, 0.717) is 27.6 Å². The Bertz CT molecular complexity index is 1510.